The van der Waals surface area contributed by atoms with Gasteiger partial charge in [0.1, 0.15) is 4.88 Å². The van der Waals surface area contributed by atoms with E-state index in [2.05, 4.69) is 4.98 Å². The minimum atomic E-state index is -0.817. The van der Waals surface area contributed by atoms with Crippen molar-refractivity contribution in [3.05, 3.63) is 16.1 Å². The van der Waals surface area contributed by atoms with E-state index in [-0.39, 0.29) is 11.3 Å². The number of carbonyl (C=O) groups is 2. The molecular formula is C14H20N2O3S. The third-order valence-corrected chi connectivity index (χ3v) is 4.34. The zero-order valence-electron chi connectivity index (χ0n) is 12.0. The van der Waals surface area contributed by atoms with E-state index in [0.29, 0.717) is 24.4 Å². The Bertz CT molecular complexity index is 519. The van der Waals surface area contributed by atoms with Gasteiger partial charge in [-0.2, -0.15) is 0 Å². The van der Waals surface area contributed by atoms with E-state index < -0.39 is 11.9 Å². The molecule has 1 saturated heterocycles. The van der Waals surface area contributed by atoms with Crippen LogP contribution >= 0.6 is 11.3 Å². The molecular weight excluding hydrogens is 276 g/mol. The molecule has 1 aromatic rings. The summed E-state index contributed by atoms with van der Waals surface area (Å²) in [7, 11) is 0. The summed E-state index contributed by atoms with van der Waals surface area (Å²) in [5.74, 6) is -1.34. The lowest BCUT2D eigenvalue weighted by Crippen LogP contribution is -2.42. The number of likely N-dealkylation sites (tertiary alicyclic amines) is 1. The molecule has 0 aliphatic carbocycles. The molecule has 1 N–H and O–H groups in total. The molecule has 0 aromatic carbocycles. The number of hydrogen-bond acceptors (Lipinski definition) is 4. The minimum absolute atomic E-state index is 0.0802. The van der Waals surface area contributed by atoms with Gasteiger partial charge in [-0.05, 0) is 12.8 Å². The van der Waals surface area contributed by atoms with Crippen molar-refractivity contribution in [3.8, 4) is 0 Å². The third kappa shape index (κ3) is 3.00. The van der Waals surface area contributed by atoms with Crippen LogP contribution in [0.15, 0.2) is 5.51 Å². The molecule has 1 amide bonds. The Kier molecular flexibility index (Phi) is 4.13. The van der Waals surface area contributed by atoms with Gasteiger partial charge >= 0.3 is 5.97 Å². The van der Waals surface area contributed by atoms with Crippen molar-refractivity contribution in [3.63, 3.8) is 0 Å². The van der Waals surface area contributed by atoms with Gasteiger partial charge in [-0.3, -0.25) is 9.59 Å². The number of rotatable bonds is 2. The van der Waals surface area contributed by atoms with Gasteiger partial charge in [-0.1, -0.05) is 20.8 Å². The minimum Gasteiger partial charge on any atom is -0.481 e. The summed E-state index contributed by atoms with van der Waals surface area (Å²) in [4.78, 5) is 30.3. The Morgan fingerprint density at radius 1 is 1.45 bits per heavy atom. The van der Waals surface area contributed by atoms with E-state index in [1.54, 1.807) is 10.4 Å². The normalized spacial score (nSPS) is 19.9. The smallest absolute Gasteiger partial charge is 0.308 e. The van der Waals surface area contributed by atoms with Crippen molar-refractivity contribution in [1.29, 1.82) is 0 Å². The molecule has 6 heteroatoms. The van der Waals surface area contributed by atoms with Crippen LogP contribution in [0.25, 0.3) is 0 Å². The maximum atomic E-state index is 12.6. The van der Waals surface area contributed by atoms with Crippen LogP contribution in [-0.2, 0) is 10.2 Å². The molecule has 0 radical (unpaired) electrons. The lowest BCUT2D eigenvalue weighted by atomic mass is 9.91. The highest BCUT2D eigenvalue weighted by molar-refractivity contribution is 7.11. The molecule has 110 valence electrons. The van der Waals surface area contributed by atoms with Crippen LogP contribution in [0.3, 0.4) is 0 Å². The molecule has 1 aromatic heterocycles. The molecule has 2 heterocycles. The summed E-state index contributed by atoms with van der Waals surface area (Å²) in [6, 6.07) is 0. The number of nitrogens with zero attached hydrogens (tertiary/aromatic N) is 2. The molecule has 0 unspecified atom stereocenters. The van der Waals surface area contributed by atoms with Gasteiger partial charge < -0.3 is 10.0 Å². The number of amides is 1. The number of aliphatic carboxylic acids is 1. The largest absolute Gasteiger partial charge is 0.481 e. The van der Waals surface area contributed by atoms with Crippen molar-refractivity contribution in [2.45, 2.75) is 39.0 Å². The highest BCUT2D eigenvalue weighted by atomic mass is 32.1. The molecule has 0 spiro atoms. The van der Waals surface area contributed by atoms with Gasteiger partial charge in [0.25, 0.3) is 5.91 Å². The number of aromatic nitrogens is 1. The van der Waals surface area contributed by atoms with Crippen LogP contribution in [0.5, 0.6) is 0 Å². The summed E-state index contributed by atoms with van der Waals surface area (Å²) in [6.07, 6.45) is 1.39. The summed E-state index contributed by atoms with van der Waals surface area (Å²) in [5, 5.41) is 9.10. The Morgan fingerprint density at radius 3 is 2.75 bits per heavy atom. The Balaban J connectivity index is 2.20. The second kappa shape index (κ2) is 5.52. The van der Waals surface area contributed by atoms with Crippen molar-refractivity contribution in [1.82, 2.24) is 9.88 Å². The van der Waals surface area contributed by atoms with E-state index in [0.717, 1.165) is 12.1 Å². The average Bonchev–Trinajstić information content (AvgIpc) is 2.87. The summed E-state index contributed by atoms with van der Waals surface area (Å²) < 4.78 is 0. The average molecular weight is 296 g/mol. The lowest BCUT2D eigenvalue weighted by Gasteiger charge is -2.31. The third-order valence-electron chi connectivity index (χ3n) is 3.53. The summed E-state index contributed by atoms with van der Waals surface area (Å²) >= 11 is 1.34. The monoisotopic (exact) mass is 296 g/mol. The van der Waals surface area contributed by atoms with E-state index in [9.17, 15) is 9.59 Å². The lowest BCUT2D eigenvalue weighted by molar-refractivity contribution is -0.143. The van der Waals surface area contributed by atoms with Gasteiger partial charge in [0.2, 0.25) is 0 Å². The maximum Gasteiger partial charge on any atom is 0.308 e. The van der Waals surface area contributed by atoms with Crippen LogP contribution in [0.4, 0.5) is 0 Å². The van der Waals surface area contributed by atoms with Gasteiger partial charge in [0.15, 0.2) is 0 Å². The highest BCUT2D eigenvalue weighted by Gasteiger charge is 2.32. The van der Waals surface area contributed by atoms with Gasteiger partial charge in [0, 0.05) is 18.5 Å². The molecule has 1 atom stereocenters. The van der Waals surface area contributed by atoms with Gasteiger partial charge in [-0.15, -0.1) is 11.3 Å². The van der Waals surface area contributed by atoms with Crippen molar-refractivity contribution >= 4 is 23.2 Å². The Labute approximate surface area is 122 Å². The van der Waals surface area contributed by atoms with Crippen LogP contribution in [0, 0.1) is 5.92 Å². The first kappa shape index (κ1) is 15.0. The van der Waals surface area contributed by atoms with E-state index in [4.69, 9.17) is 5.11 Å². The van der Waals surface area contributed by atoms with Crippen LogP contribution in [0.2, 0.25) is 0 Å². The molecule has 1 aliphatic rings. The van der Waals surface area contributed by atoms with Crippen molar-refractivity contribution in [2.24, 2.45) is 5.92 Å². The van der Waals surface area contributed by atoms with Crippen LogP contribution < -0.4 is 0 Å². The number of thiazole rings is 1. The number of carbonyl (C=O) groups excluding carboxylic acids is 1. The molecule has 5 nitrogen and oxygen atoms in total. The van der Waals surface area contributed by atoms with Crippen LogP contribution in [-0.4, -0.2) is 40.0 Å². The van der Waals surface area contributed by atoms with E-state index in [1.807, 2.05) is 20.8 Å². The molecule has 2 rings (SSSR count). The van der Waals surface area contributed by atoms with E-state index in [1.165, 1.54) is 11.3 Å². The van der Waals surface area contributed by atoms with Crippen LogP contribution in [0.1, 0.15) is 49.0 Å². The SMILES string of the molecule is CC(C)(C)c1ncsc1C(=O)N1CCC[C@@H](C(=O)O)C1. The number of piperidine rings is 1. The van der Waals surface area contributed by atoms with Gasteiger partial charge in [-0.25, -0.2) is 4.98 Å². The zero-order valence-corrected chi connectivity index (χ0v) is 12.9. The van der Waals surface area contributed by atoms with E-state index >= 15 is 0 Å². The predicted octanol–water partition coefficient (Wildman–Crippen LogP) is 2.38. The fraction of sp³-hybridized carbons (Fsp3) is 0.643. The molecule has 1 fully saturated rings. The molecule has 0 saturated carbocycles. The van der Waals surface area contributed by atoms with Crippen molar-refractivity contribution in [2.75, 3.05) is 13.1 Å². The topological polar surface area (TPSA) is 70.5 Å². The molecule has 1 aliphatic heterocycles. The first-order chi connectivity index (χ1) is 9.30. The maximum absolute atomic E-state index is 12.6. The fourth-order valence-corrected chi connectivity index (χ4v) is 3.40. The quantitative estimate of drug-likeness (QED) is 0.909. The molecule has 0 bridgehead atoms. The fourth-order valence-electron chi connectivity index (χ4n) is 2.44. The van der Waals surface area contributed by atoms with Gasteiger partial charge in [0.05, 0.1) is 17.1 Å². The molecule has 20 heavy (non-hydrogen) atoms. The second-order valence-corrected chi connectivity index (χ2v) is 7.06. The zero-order chi connectivity index (χ0) is 14.9. The first-order valence-corrected chi connectivity index (χ1v) is 7.64. The number of carboxylic acid groups (broad SMARTS) is 1. The summed E-state index contributed by atoms with van der Waals surface area (Å²) in [6.45, 7) is 7.00. The predicted molar refractivity (Wildman–Crippen MR) is 77.1 cm³/mol. The second-order valence-electron chi connectivity index (χ2n) is 6.21. The number of hydrogen-bond donors (Lipinski definition) is 1. The Morgan fingerprint density at radius 2 is 2.15 bits per heavy atom. The summed E-state index contributed by atoms with van der Waals surface area (Å²) in [5.41, 5.74) is 2.30. The Hall–Kier alpha value is -1.43. The van der Waals surface area contributed by atoms with Crippen molar-refractivity contribution < 1.29 is 14.7 Å². The number of carboxylic acids is 1. The first-order valence-electron chi connectivity index (χ1n) is 6.76. The highest BCUT2D eigenvalue weighted by Crippen LogP contribution is 2.29. The standard InChI is InChI=1S/C14H20N2O3S/c1-14(2,3)11-10(20-8-15-11)12(17)16-6-4-5-9(7-16)13(18)19/h8-9H,4-7H2,1-3H3,(H,18,19)/t9-/m1/s1.